The number of carbonyl (C=O) groups is 1. The van der Waals surface area contributed by atoms with Crippen molar-refractivity contribution >= 4 is 11.6 Å². The summed E-state index contributed by atoms with van der Waals surface area (Å²) in [5, 5.41) is 6.96. The molecule has 2 saturated heterocycles. The smallest absolute Gasteiger partial charge is 0.248 e. The minimum absolute atomic E-state index is 0.126. The second kappa shape index (κ2) is 7.71. The molecule has 2 aromatic rings. The number of aryl methyl sites for hydroxylation is 1. The van der Waals surface area contributed by atoms with E-state index in [1.54, 1.807) is 7.11 Å². The predicted octanol–water partition coefficient (Wildman–Crippen LogP) is 3.61. The van der Waals surface area contributed by atoms with Gasteiger partial charge in [-0.1, -0.05) is 24.3 Å². The van der Waals surface area contributed by atoms with Crippen LogP contribution in [-0.2, 0) is 4.79 Å². The highest BCUT2D eigenvalue weighted by Crippen LogP contribution is 2.44. The second-order valence-corrected chi connectivity index (χ2v) is 8.82. The van der Waals surface area contributed by atoms with Crippen molar-refractivity contribution in [2.75, 3.05) is 32.1 Å². The van der Waals surface area contributed by atoms with Crippen LogP contribution in [0.3, 0.4) is 0 Å². The summed E-state index contributed by atoms with van der Waals surface area (Å²) in [6.45, 7) is 8.86. The van der Waals surface area contributed by atoms with Crippen molar-refractivity contribution in [2.24, 2.45) is 11.8 Å². The molecule has 29 heavy (non-hydrogen) atoms. The number of carbonyl (C=O) groups excluding carboxylic acids is 1. The van der Waals surface area contributed by atoms with Gasteiger partial charge in [-0.2, -0.15) is 0 Å². The fourth-order valence-corrected chi connectivity index (χ4v) is 4.89. The minimum Gasteiger partial charge on any atom is -0.497 e. The highest BCUT2D eigenvalue weighted by Gasteiger charge is 2.49. The molecule has 0 unspecified atom stereocenters. The van der Waals surface area contributed by atoms with Crippen molar-refractivity contribution in [3.63, 3.8) is 0 Å². The molecule has 5 heteroatoms. The molecule has 0 aromatic heterocycles. The van der Waals surface area contributed by atoms with Crippen LogP contribution in [0.15, 0.2) is 48.5 Å². The molecule has 2 aliphatic heterocycles. The van der Waals surface area contributed by atoms with Crippen molar-refractivity contribution in [3.05, 3.63) is 59.7 Å². The summed E-state index contributed by atoms with van der Waals surface area (Å²) in [4.78, 5) is 15.9. The fraction of sp³-hybridized carbons (Fsp3) is 0.458. The van der Waals surface area contributed by atoms with Crippen molar-refractivity contribution < 1.29 is 9.53 Å². The van der Waals surface area contributed by atoms with Crippen LogP contribution >= 0.6 is 0 Å². The van der Waals surface area contributed by atoms with E-state index >= 15 is 0 Å². The Kier molecular flexibility index (Phi) is 5.26. The zero-order valence-corrected chi connectivity index (χ0v) is 17.7. The molecule has 2 fully saturated rings. The molecule has 0 saturated carbocycles. The standard InChI is InChI=1S/C24H31N3O2/c1-16-7-5-6-8-20(16)22-21-14-25-13-17(21)15-27(22)23(28)24(2,3)26-18-9-11-19(29-4)12-10-18/h5-12,17,21-22,25-26H,13-15H2,1-4H3/t17-,21-,22-/m0/s1. The van der Waals surface area contributed by atoms with Gasteiger partial charge in [-0.25, -0.2) is 0 Å². The third-order valence-electron chi connectivity index (χ3n) is 6.41. The lowest BCUT2D eigenvalue weighted by atomic mass is 9.87. The molecule has 0 bridgehead atoms. The predicted molar refractivity (Wildman–Crippen MR) is 116 cm³/mol. The largest absolute Gasteiger partial charge is 0.497 e. The third-order valence-corrected chi connectivity index (χ3v) is 6.41. The summed E-state index contributed by atoms with van der Waals surface area (Å²) in [7, 11) is 1.65. The maximum Gasteiger partial charge on any atom is 0.248 e. The van der Waals surface area contributed by atoms with Crippen molar-refractivity contribution in [2.45, 2.75) is 32.4 Å². The van der Waals surface area contributed by atoms with Crippen LogP contribution in [-0.4, -0.2) is 43.1 Å². The first-order chi connectivity index (χ1) is 13.9. The van der Waals surface area contributed by atoms with Gasteiger partial charge in [0.15, 0.2) is 0 Å². The van der Waals surface area contributed by atoms with Gasteiger partial charge in [0, 0.05) is 31.2 Å². The van der Waals surface area contributed by atoms with Crippen LogP contribution < -0.4 is 15.4 Å². The van der Waals surface area contributed by atoms with E-state index in [9.17, 15) is 4.79 Å². The Morgan fingerprint density at radius 2 is 1.86 bits per heavy atom. The number of hydrogen-bond donors (Lipinski definition) is 2. The average Bonchev–Trinajstić information content (AvgIpc) is 3.29. The molecule has 0 radical (unpaired) electrons. The van der Waals surface area contributed by atoms with Crippen molar-refractivity contribution in [1.82, 2.24) is 10.2 Å². The van der Waals surface area contributed by atoms with Gasteiger partial charge in [-0.3, -0.25) is 4.79 Å². The number of hydrogen-bond acceptors (Lipinski definition) is 4. The van der Waals surface area contributed by atoms with Gasteiger partial charge in [0.2, 0.25) is 5.91 Å². The van der Waals surface area contributed by atoms with Gasteiger partial charge in [-0.05, 0) is 62.1 Å². The Morgan fingerprint density at radius 3 is 2.55 bits per heavy atom. The molecule has 3 atom stereocenters. The first-order valence-corrected chi connectivity index (χ1v) is 10.4. The number of methoxy groups -OCH3 is 1. The van der Waals surface area contributed by atoms with Crippen molar-refractivity contribution in [3.8, 4) is 5.75 Å². The SMILES string of the molecule is COc1ccc(NC(C)(C)C(=O)N2C[C@@H]3CNC[C@@H]3[C@@H]2c2ccccc2C)cc1. The third kappa shape index (κ3) is 3.71. The molecular formula is C24H31N3O2. The van der Waals surface area contributed by atoms with Crippen LogP contribution in [0.2, 0.25) is 0 Å². The Hall–Kier alpha value is -2.53. The number of anilines is 1. The van der Waals surface area contributed by atoms with E-state index in [-0.39, 0.29) is 11.9 Å². The van der Waals surface area contributed by atoms with Gasteiger partial charge in [0.25, 0.3) is 0 Å². The summed E-state index contributed by atoms with van der Waals surface area (Å²) in [5.74, 6) is 1.94. The summed E-state index contributed by atoms with van der Waals surface area (Å²) in [5.41, 5.74) is 2.74. The van der Waals surface area contributed by atoms with Gasteiger partial charge >= 0.3 is 0 Å². The molecule has 2 aliphatic rings. The molecule has 0 aliphatic carbocycles. The molecule has 4 rings (SSSR count). The lowest BCUT2D eigenvalue weighted by Gasteiger charge is -2.36. The fourth-order valence-electron chi connectivity index (χ4n) is 4.89. The van der Waals surface area contributed by atoms with Gasteiger partial charge in [0.05, 0.1) is 13.2 Å². The maximum absolute atomic E-state index is 13.7. The molecular weight excluding hydrogens is 362 g/mol. The van der Waals surface area contributed by atoms with Crippen LogP contribution in [0.25, 0.3) is 0 Å². The Labute approximate surface area is 173 Å². The van der Waals surface area contributed by atoms with E-state index in [0.717, 1.165) is 31.1 Å². The number of nitrogens with zero attached hydrogens (tertiary/aromatic N) is 1. The van der Waals surface area contributed by atoms with Crippen LogP contribution in [0.1, 0.15) is 31.0 Å². The Bertz CT molecular complexity index is 878. The maximum atomic E-state index is 13.7. The van der Waals surface area contributed by atoms with Crippen molar-refractivity contribution in [1.29, 1.82) is 0 Å². The van der Waals surface area contributed by atoms with E-state index in [1.165, 1.54) is 11.1 Å². The number of nitrogens with one attached hydrogen (secondary N) is 2. The van der Waals surface area contributed by atoms with E-state index in [2.05, 4.69) is 46.7 Å². The summed E-state index contributed by atoms with van der Waals surface area (Å²) < 4.78 is 5.24. The molecule has 0 spiro atoms. The van der Waals surface area contributed by atoms with Crippen LogP contribution in [0.5, 0.6) is 5.75 Å². The Balaban J connectivity index is 1.60. The Morgan fingerprint density at radius 1 is 1.14 bits per heavy atom. The summed E-state index contributed by atoms with van der Waals surface area (Å²) in [6.07, 6.45) is 0. The first kappa shape index (κ1) is 19.8. The number of ether oxygens (including phenoxy) is 1. The lowest BCUT2D eigenvalue weighted by Crippen LogP contribution is -2.50. The molecule has 2 aromatic carbocycles. The van der Waals surface area contributed by atoms with Gasteiger partial charge < -0.3 is 20.3 Å². The number of fused-ring (bicyclic) bond motifs is 1. The highest BCUT2D eigenvalue weighted by molar-refractivity contribution is 5.89. The van der Waals surface area contributed by atoms with E-state index in [0.29, 0.717) is 11.8 Å². The number of benzene rings is 2. The number of likely N-dealkylation sites (tertiary alicyclic amines) is 1. The summed E-state index contributed by atoms with van der Waals surface area (Å²) in [6, 6.07) is 16.3. The quantitative estimate of drug-likeness (QED) is 0.815. The number of amides is 1. The van der Waals surface area contributed by atoms with E-state index in [4.69, 9.17) is 4.74 Å². The van der Waals surface area contributed by atoms with Crippen LogP contribution in [0, 0.1) is 18.8 Å². The van der Waals surface area contributed by atoms with E-state index < -0.39 is 5.54 Å². The zero-order valence-electron chi connectivity index (χ0n) is 17.7. The molecule has 2 N–H and O–H groups in total. The first-order valence-electron chi connectivity index (χ1n) is 10.4. The van der Waals surface area contributed by atoms with Gasteiger partial charge in [-0.15, -0.1) is 0 Å². The molecule has 5 nitrogen and oxygen atoms in total. The minimum atomic E-state index is -0.707. The molecule has 1 amide bonds. The van der Waals surface area contributed by atoms with E-state index in [1.807, 2.05) is 38.1 Å². The second-order valence-electron chi connectivity index (χ2n) is 8.82. The van der Waals surface area contributed by atoms with Crippen LogP contribution in [0.4, 0.5) is 5.69 Å². The monoisotopic (exact) mass is 393 g/mol. The number of rotatable bonds is 5. The lowest BCUT2D eigenvalue weighted by molar-refractivity contribution is -0.136. The topological polar surface area (TPSA) is 53.6 Å². The molecule has 2 heterocycles. The average molecular weight is 394 g/mol. The summed E-state index contributed by atoms with van der Waals surface area (Å²) >= 11 is 0. The van der Waals surface area contributed by atoms with Gasteiger partial charge in [0.1, 0.15) is 11.3 Å². The zero-order chi connectivity index (χ0) is 20.6. The molecule has 154 valence electrons. The normalized spacial score (nSPS) is 23.7. The highest BCUT2D eigenvalue weighted by atomic mass is 16.5.